The number of amides is 1. The number of carbonyl (C=O) groups excluding carboxylic acids is 1. The van der Waals surface area contributed by atoms with Crippen molar-refractivity contribution in [1.29, 1.82) is 0 Å². The van der Waals surface area contributed by atoms with Crippen molar-refractivity contribution in [3.8, 4) is 0 Å². The summed E-state index contributed by atoms with van der Waals surface area (Å²) < 4.78 is 49.6. The SMILES string of the molecule is CNC(=O)Cc1ccc(C(F)(F)F)c(F)c1. The highest BCUT2D eigenvalue weighted by atomic mass is 19.4. The van der Waals surface area contributed by atoms with Crippen molar-refractivity contribution in [2.24, 2.45) is 0 Å². The molecule has 0 aliphatic carbocycles. The van der Waals surface area contributed by atoms with Gasteiger partial charge in [-0.1, -0.05) is 6.07 Å². The number of likely N-dealkylation sites (N-methyl/N-ethyl adjacent to an activating group) is 1. The molecule has 6 heteroatoms. The largest absolute Gasteiger partial charge is 0.419 e. The molecule has 1 N–H and O–H groups in total. The Morgan fingerprint density at radius 2 is 2.00 bits per heavy atom. The third-order valence-electron chi connectivity index (χ3n) is 1.98. The minimum atomic E-state index is -4.71. The van der Waals surface area contributed by atoms with Gasteiger partial charge in [-0.15, -0.1) is 0 Å². The number of rotatable bonds is 2. The van der Waals surface area contributed by atoms with Crippen LogP contribution in [-0.4, -0.2) is 13.0 Å². The summed E-state index contributed by atoms with van der Waals surface area (Å²) in [5, 5.41) is 2.29. The number of carbonyl (C=O) groups is 1. The fraction of sp³-hybridized carbons (Fsp3) is 0.300. The maximum atomic E-state index is 13.0. The van der Waals surface area contributed by atoms with Crippen LogP contribution in [0.3, 0.4) is 0 Å². The lowest BCUT2D eigenvalue weighted by molar-refractivity contribution is -0.140. The van der Waals surface area contributed by atoms with E-state index in [2.05, 4.69) is 5.32 Å². The van der Waals surface area contributed by atoms with Crippen LogP contribution in [0.2, 0.25) is 0 Å². The lowest BCUT2D eigenvalue weighted by Gasteiger charge is -2.08. The molecule has 0 aliphatic rings. The molecular formula is C10H9F4NO. The van der Waals surface area contributed by atoms with E-state index >= 15 is 0 Å². The second-order valence-electron chi connectivity index (χ2n) is 3.16. The minimum Gasteiger partial charge on any atom is -0.359 e. The second kappa shape index (κ2) is 4.51. The van der Waals surface area contributed by atoms with E-state index < -0.39 is 17.6 Å². The predicted molar refractivity (Wildman–Crippen MR) is 49.2 cm³/mol. The molecule has 0 saturated carbocycles. The molecule has 0 heterocycles. The number of hydrogen-bond acceptors (Lipinski definition) is 1. The van der Waals surface area contributed by atoms with Crippen LogP contribution < -0.4 is 5.32 Å². The molecule has 0 saturated heterocycles. The summed E-state index contributed by atoms with van der Waals surface area (Å²) in [6, 6.07) is 2.44. The van der Waals surface area contributed by atoms with Crippen LogP contribution in [0, 0.1) is 5.82 Å². The van der Waals surface area contributed by atoms with Crippen LogP contribution in [0.25, 0.3) is 0 Å². The molecule has 0 fully saturated rings. The zero-order chi connectivity index (χ0) is 12.3. The van der Waals surface area contributed by atoms with E-state index in [0.29, 0.717) is 6.07 Å². The molecular weight excluding hydrogens is 226 g/mol. The monoisotopic (exact) mass is 235 g/mol. The summed E-state index contributed by atoms with van der Waals surface area (Å²) in [6.07, 6.45) is -4.86. The highest BCUT2D eigenvalue weighted by molar-refractivity contribution is 5.78. The molecule has 1 amide bonds. The molecule has 0 unspecified atom stereocenters. The van der Waals surface area contributed by atoms with Crippen molar-refractivity contribution in [1.82, 2.24) is 5.32 Å². The lowest BCUT2D eigenvalue weighted by Crippen LogP contribution is -2.20. The van der Waals surface area contributed by atoms with Crippen LogP contribution >= 0.6 is 0 Å². The van der Waals surface area contributed by atoms with Crippen molar-refractivity contribution in [3.63, 3.8) is 0 Å². The minimum absolute atomic E-state index is 0.147. The second-order valence-corrected chi connectivity index (χ2v) is 3.16. The molecule has 1 aromatic rings. The van der Waals surface area contributed by atoms with E-state index in [1.54, 1.807) is 0 Å². The molecule has 88 valence electrons. The number of nitrogens with one attached hydrogen (secondary N) is 1. The van der Waals surface area contributed by atoms with Gasteiger partial charge in [-0.05, 0) is 17.7 Å². The van der Waals surface area contributed by atoms with Crippen molar-refractivity contribution in [2.45, 2.75) is 12.6 Å². The third-order valence-corrected chi connectivity index (χ3v) is 1.98. The molecule has 16 heavy (non-hydrogen) atoms. The van der Waals surface area contributed by atoms with E-state index in [9.17, 15) is 22.4 Å². The Labute approximate surface area is 89.3 Å². The van der Waals surface area contributed by atoms with Gasteiger partial charge in [0.25, 0.3) is 0 Å². The fourth-order valence-corrected chi connectivity index (χ4v) is 1.17. The zero-order valence-electron chi connectivity index (χ0n) is 8.36. The Bertz CT molecular complexity index is 400. The van der Waals surface area contributed by atoms with E-state index in [0.717, 1.165) is 12.1 Å². The molecule has 0 aromatic heterocycles. The van der Waals surface area contributed by atoms with Crippen LogP contribution in [-0.2, 0) is 17.4 Å². The Kier molecular flexibility index (Phi) is 3.51. The van der Waals surface area contributed by atoms with Crippen LogP contribution in [0.15, 0.2) is 18.2 Å². The predicted octanol–water partition coefficient (Wildman–Crippen LogP) is 2.13. The van der Waals surface area contributed by atoms with Crippen molar-refractivity contribution < 1.29 is 22.4 Å². The van der Waals surface area contributed by atoms with E-state index in [-0.39, 0.29) is 17.9 Å². The van der Waals surface area contributed by atoms with E-state index in [1.165, 1.54) is 7.05 Å². The zero-order valence-corrected chi connectivity index (χ0v) is 8.36. The van der Waals surface area contributed by atoms with Gasteiger partial charge in [-0.25, -0.2) is 4.39 Å². The molecule has 0 radical (unpaired) electrons. The maximum Gasteiger partial charge on any atom is 0.419 e. The Balaban J connectivity index is 2.96. The van der Waals surface area contributed by atoms with Gasteiger partial charge in [0.1, 0.15) is 5.82 Å². The topological polar surface area (TPSA) is 29.1 Å². The van der Waals surface area contributed by atoms with Gasteiger partial charge in [0, 0.05) is 7.05 Å². The van der Waals surface area contributed by atoms with Gasteiger partial charge in [0.05, 0.1) is 12.0 Å². The van der Waals surface area contributed by atoms with Gasteiger partial charge in [-0.2, -0.15) is 13.2 Å². The molecule has 0 atom stereocenters. The smallest absolute Gasteiger partial charge is 0.359 e. The van der Waals surface area contributed by atoms with Crippen LogP contribution in [0.5, 0.6) is 0 Å². The van der Waals surface area contributed by atoms with Gasteiger partial charge in [0.15, 0.2) is 0 Å². The first-order valence-electron chi connectivity index (χ1n) is 4.41. The normalized spacial score (nSPS) is 11.3. The molecule has 1 rings (SSSR count). The summed E-state index contributed by atoms with van der Waals surface area (Å²) in [5.74, 6) is -1.76. The first kappa shape index (κ1) is 12.5. The quantitative estimate of drug-likeness (QED) is 0.782. The number of hydrogen-bond donors (Lipinski definition) is 1. The average Bonchev–Trinajstić information content (AvgIpc) is 2.15. The maximum absolute atomic E-state index is 13.0. The Morgan fingerprint density at radius 3 is 2.44 bits per heavy atom. The molecule has 0 bridgehead atoms. The van der Waals surface area contributed by atoms with Gasteiger partial charge in [-0.3, -0.25) is 4.79 Å². The van der Waals surface area contributed by atoms with Crippen molar-refractivity contribution in [2.75, 3.05) is 7.05 Å². The van der Waals surface area contributed by atoms with Crippen LogP contribution in [0.1, 0.15) is 11.1 Å². The van der Waals surface area contributed by atoms with E-state index in [4.69, 9.17) is 0 Å². The number of halogens is 4. The summed E-state index contributed by atoms with van der Waals surface area (Å²) in [5.41, 5.74) is -1.13. The number of benzene rings is 1. The van der Waals surface area contributed by atoms with Crippen molar-refractivity contribution in [3.05, 3.63) is 35.1 Å². The molecule has 1 aromatic carbocycles. The highest BCUT2D eigenvalue weighted by Crippen LogP contribution is 2.31. The molecule has 2 nitrogen and oxygen atoms in total. The van der Waals surface area contributed by atoms with Crippen molar-refractivity contribution >= 4 is 5.91 Å². The summed E-state index contributed by atoms with van der Waals surface area (Å²) in [4.78, 5) is 10.9. The number of alkyl halides is 3. The summed E-state index contributed by atoms with van der Waals surface area (Å²) in [6.45, 7) is 0. The van der Waals surface area contributed by atoms with Gasteiger partial charge >= 0.3 is 6.18 Å². The highest BCUT2D eigenvalue weighted by Gasteiger charge is 2.33. The first-order chi connectivity index (χ1) is 7.34. The Hall–Kier alpha value is -1.59. The van der Waals surface area contributed by atoms with Gasteiger partial charge < -0.3 is 5.32 Å². The third kappa shape index (κ3) is 2.95. The van der Waals surface area contributed by atoms with Crippen LogP contribution in [0.4, 0.5) is 17.6 Å². The molecule has 0 spiro atoms. The summed E-state index contributed by atoms with van der Waals surface area (Å²) >= 11 is 0. The van der Waals surface area contributed by atoms with Gasteiger partial charge in [0.2, 0.25) is 5.91 Å². The fourth-order valence-electron chi connectivity index (χ4n) is 1.17. The first-order valence-corrected chi connectivity index (χ1v) is 4.41. The standard InChI is InChI=1S/C10H9F4NO/c1-15-9(16)5-6-2-3-7(8(11)4-6)10(12,13)14/h2-4H,5H2,1H3,(H,15,16). The Morgan fingerprint density at radius 1 is 1.38 bits per heavy atom. The molecule has 0 aliphatic heterocycles. The average molecular weight is 235 g/mol. The van der Waals surface area contributed by atoms with E-state index in [1.807, 2.05) is 0 Å². The summed E-state index contributed by atoms with van der Waals surface area (Å²) in [7, 11) is 1.39. The lowest BCUT2D eigenvalue weighted by atomic mass is 10.1.